The van der Waals surface area contributed by atoms with Gasteiger partial charge in [0.2, 0.25) is 0 Å². The molecule has 5 heteroatoms. The van der Waals surface area contributed by atoms with Gasteiger partial charge in [0.25, 0.3) is 0 Å². The second kappa shape index (κ2) is 6.80. The van der Waals surface area contributed by atoms with Crippen molar-refractivity contribution >= 4 is 23.4 Å². The molecule has 0 atom stereocenters. The standard InChI is InChI=1S/C14H21N3O2/c1-5-17(16-3)12-8-6-11(10(2)14(12)15)7-9-13(18)19-4/h6-9,16H,5,15H2,1-4H3/b9-7+. The summed E-state index contributed by atoms with van der Waals surface area (Å²) >= 11 is 0. The SMILES string of the molecule is CCN(NC)c1ccc(/C=C/C(=O)OC)c(C)c1N. The van der Waals surface area contributed by atoms with Gasteiger partial charge in [0.15, 0.2) is 0 Å². The zero-order valence-corrected chi connectivity index (χ0v) is 11.9. The summed E-state index contributed by atoms with van der Waals surface area (Å²) in [4.78, 5) is 11.1. The van der Waals surface area contributed by atoms with E-state index < -0.39 is 0 Å². The van der Waals surface area contributed by atoms with Gasteiger partial charge in [0.05, 0.1) is 18.5 Å². The van der Waals surface area contributed by atoms with Gasteiger partial charge in [-0.05, 0) is 37.1 Å². The number of nitrogens with zero attached hydrogens (tertiary/aromatic N) is 1. The van der Waals surface area contributed by atoms with Crippen LogP contribution in [0.3, 0.4) is 0 Å². The Labute approximate surface area is 114 Å². The fraction of sp³-hybridized carbons (Fsp3) is 0.357. The molecule has 0 saturated heterocycles. The molecular formula is C14H21N3O2. The van der Waals surface area contributed by atoms with Crippen LogP contribution in [0, 0.1) is 6.92 Å². The molecule has 0 radical (unpaired) electrons. The van der Waals surface area contributed by atoms with E-state index in [0.29, 0.717) is 5.69 Å². The minimum atomic E-state index is -0.382. The van der Waals surface area contributed by atoms with Crippen LogP contribution in [-0.2, 0) is 9.53 Å². The van der Waals surface area contributed by atoms with Gasteiger partial charge in [0, 0.05) is 19.7 Å². The lowest BCUT2D eigenvalue weighted by atomic mass is 10.0. The van der Waals surface area contributed by atoms with Crippen LogP contribution in [0.5, 0.6) is 0 Å². The zero-order valence-electron chi connectivity index (χ0n) is 11.9. The summed E-state index contributed by atoms with van der Waals surface area (Å²) in [5.41, 5.74) is 12.7. The van der Waals surface area contributed by atoms with E-state index in [1.165, 1.54) is 13.2 Å². The molecule has 5 nitrogen and oxygen atoms in total. The number of hydrogen-bond acceptors (Lipinski definition) is 5. The van der Waals surface area contributed by atoms with Crippen molar-refractivity contribution in [1.82, 2.24) is 5.43 Å². The molecule has 0 heterocycles. The van der Waals surface area contributed by atoms with Crippen LogP contribution in [0.2, 0.25) is 0 Å². The first kappa shape index (κ1) is 15.0. The number of anilines is 2. The molecule has 0 unspecified atom stereocenters. The summed E-state index contributed by atoms with van der Waals surface area (Å²) in [6.45, 7) is 4.77. The van der Waals surface area contributed by atoms with Crippen LogP contribution in [0.1, 0.15) is 18.1 Å². The molecule has 19 heavy (non-hydrogen) atoms. The number of methoxy groups -OCH3 is 1. The Morgan fingerprint density at radius 2 is 2.21 bits per heavy atom. The van der Waals surface area contributed by atoms with Crippen LogP contribution in [0.4, 0.5) is 11.4 Å². The van der Waals surface area contributed by atoms with Gasteiger partial charge in [-0.3, -0.25) is 0 Å². The molecule has 104 valence electrons. The van der Waals surface area contributed by atoms with Gasteiger partial charge >= 0.3 is 5.97 Å². The topological polar surface area (TPSA) is 67.6 Å². The zero-order chi connectivity index (χ0) is 14.4. The van der Waals surface area contributed by atoms with Gasteiger partial charge in [0.1, 0.15) is 0 Å². The van der Waals surface area contributed by atoms with Crippen molar-refractivity contribution in [2.75, 3.05) is 31.4 Å². The predicted molar refractivity (Wildman–Crippen MR) is 78.7 cm³/mol. The summed E-state index contributed by atoms with van der Waals surface area (Å²) in [6.07, 6.45) is 3.09. The van der Waals surface area contributed by atoms with E-state index in [-0.39, 0.29) is 5.97 Å². The molecule has 0 aliphatic carbocycles. The largest absolute Gasteiger partial charge is 0.466 e. The average molecular weight is 263 g/mol. The quantitative estimate of drug-likeness (QED) is 0.366. The fourth-order valence-electron chi connectivity index (χ4n) is 1.82. The smallest absolute Gasteiger partial charge is 0.330 e. The number of nitrogens with one attached hydrogen (secondary N) is 1. The summed E-state index contributed by atoms with van der Waals surface area (Å²) in [5, 5.41) is 1.95. The van der Waals surface area contributed by atoms with E-state index in [9.17, 15) is 4.79 Å². The number of benzene rings is 1. The predicted octanol–water partition coefficient (Wildman–Crippen LogP) is 1.72. The van der Waals surface area contributed by atoms with Crippen molar-refractivity contribution in [3.63, 3.8) is 0 Å². The van der Waals surface area contributed by atoms with E-state index in [0.717, 1.165) is 23.4 Å². The maximum atomic E-state index is 11.1. The molecular weight excluding hydrogens is 242 g/mol. The number of hydrogen-bond donors (Lipinski definition) is 2. The van der Waals surface area contributed by atoms with E-state index >= 15 is 0 Å². The minimum absolute atomic E-state index is 0.382. The molecule has 0 saturated carbocycles. The van der Waals surface area contributed by atoms with Crippen molar-refractivity contribution in [1.29, 1.82) is 0 Å². The summed E-state index contributed by atoms with van der Waals surface area (Å²) in [6, 6.07) is 3.86. The first-order valence-electron chi connectivity index (χ1n) is 6.15. The molecule has 0 aromatic heterocycles. The molecule has 3 N–H and O–H groups in total. The lowest BCUT2D eigenvalue weighted by molar-refractivity contribution is -0.134. The lowest BCUT2D eigenvalue weighted by Crippen LogP contribution is -2.35. The average Bonchev–Trinajstić information content (AvgIpc) is 2.43. The number of nitrogens with two attached hydrogens (primary N) is 1. The first-order chi connectivity index (χ1) is 9.04. The highest BCUT2D eigenvalue weighted by Crippen LogP contribution is 2.28. The van der Waals surface area contributed by atoms with Crippen molar-refractivity contribution in [2.45, 2.75) is 13.8 Å². The molecule has 0 amide bonds. The van der Waals surface area contributed by atoms with Crippen molar-refractivity contribution in [3.05, 3.63) is 29.3 Å². The lowest BCUT2D eigenvalue weighted by Gasteiger charge is -2.24. The van der Waals surface area contributed by atoms with Crippen LogP contribution < -0.4 is 16.2 Å². The summed E-state index contributed by atoms with van der Waals surface area (Å²) < 4.78 is 4.56. The minimum Gasteiger partial charge on any atom is -0.466 e. The highest BCUT2D eigenvalue weighted by atomic mass is 16.5. The normalized spacial score (nSPS) is 10.7. The number of hydrazine groups is 1. The molecule has 1 aromatic carbocycles. The van der Waals surface area contributed by atoms with Crippen molar-refractivity contribution < 1.29 is 9.53 Å². The maximum Gasteiger partial charge on any atom is 0.330 e. The second-order valence-corrected chi connectivity index (χ2v) is 4.04. The molecule has 0 fully saturated rings. The Morgan fingerprint density at radius 1 is 1.53 bits per heavy atom. The third kappa shape index (κ3) is 3.48. The third-order valence-electron chi connectivity index (χ3n) is 3.01. The van der Waals surface area contributed by atoms with E-state index in [2.05, 4.69) is 10.2 Å². The highest BCUT2D eigenvalue weighted by Gasteiger charge is 2.10. The number of ether oxygens (including phenoxy) is 1. The van der Waals surface area contributed by atoms with Crippen LogP contribution in [-0.4, -0.2) is 26.7 Å². The second-order valence-electron chi connectivity index (χ2n) is 4.04. The monoisotopic (exact) mass is 263 g/mol. The van der Waals surface area contributed by atoms with Crippen LogP contribution in [0.25, 0.3) is 6.08 Å². The summed E-state index contributed by atoms with van der Waals surface area (Å²) in [5.74, 6) is -0.382. The molecule has 0 bridgehead atoms. The van der Waals surface area contributed by atoms with Gasteiger partial charge in [-0.25, -0.2) is 10.2 Å². The Morgan fingerprint density at radius 3 is 2.74 bits per heavy atom. The van der Waals surface area contributed by atoms with E-state index in [1.54, 1.807) is 6.08 Å². The maximum absolute atomic E-state index is 11.1. The van der Waals surface area contributed by atoms with Gasteiger partial charge < -0.3 is 15.5 Å². The Balaban J connectivity index is 3.10. The molecule has 0 aliphatic rings. The Hall–Kier alpha value is -2.01. The Bertz CT molecular complexity index is 480. The molecule has 1 aromatic rings. The van der Waals surface area contributed by atoms with Crippen LogP contribution >= 0.6 is 0 Å². The molecule has 0 aliphatic heterocycles. The highest BCUT2D eigenvalue weighted by molar-refractivity contribution is 5.88. The van der Waals surface area contributed by atoms with E-state index in [4.69, 9.17) is 5.73 Å². The number of carbonyl (C=O) groups is 1. The van der Waals surface area contributed by atoms with Gasteiger partial charge in [-0.2, -0.15) is 0 Å². The number of esters is 1. The summed E-state index contributed by atoms with van der Waals surface area (Å²) in [7, 11) is 3.20. The fourth-order valence-corrected chi connectivity index (χ4v) is 1.82. The van der Waals surface area contributed by atoms with E-state index in [1.807, 2.05) is 38.0 Å². The van der Waals surface area contributed by atoms with Gasteiger partial charge in [-0.1, -0.05) is 6.07 Å². The third-order valence-corrected chi connectivity index (χ3v) is 3.01. The molecule has 0 spiro atoms. The van der Waals surface area contributed by atoms with Crippen LogP contribution in [0.15, 0.2) is 18.2 Å². The van der Waals surface area contributed by atoms with Crippen molar-refractivity contribution in [2.24, 2.45) is 0 Å². The Kier molecular flexibility index (Phi) is 5.38. The molecule has 1 rings (SSSR count). The first-order valence-corrected chi connectivity index (χ1v) is 6.15. The van der Waals surface area contributed by atoms with Gasteiger partial charge in [-0.15, -0.1) is 0 Å². The number of carbonyl (C=O) groups excluding carboxylic acids is 1. The van der Waals surface area contributed by atoms with Crippen molar-refractivity contribution in [3.8, 4) is 0 Å². The number of nitrogen functional groups attached to an aromatic ring is 1. The number of rotatable bonds is 5.